The van der Waals surface area contributed by atoms with Crippen molar-refractivity contribution >= 4 is 11.4 Å². The highest BCUT2D eigenvalue weighted by molar-refractivity contribution is 5.64. The van der Waals surface area contributed by atoms with Crippen LogP contribution in [0.15, 0.2) is 18.2 Å². The number of nitro benzene ring substituents is 1. The largest absolute Gasteiger partial charge is 0.395 e. The lowest BCUT2D eigenvalue weighted by Crippen LogP contribution is -2.26. The van der Waals surface area contributed by atoms with Crippen molar-refractivity contribution in [2.45, 2.75) is 20.0 Å². The number of anilines is 1. The Kier molecular flexibility index (Phi) is 5.06. The molecule has 18 heavy (non-hydrogen) atoms. The molecule has 1 atom stereocenters. The summed E-state index contributed by atoms with van der Waals surface area (Å²) in [6, 6.07) is 4.65. The maximum Gasteiger partial charge on any atom is 0.292 e. The number of nitrogens with zero attached hydrogens (tertiary/aromatic N) is 2. The molecule has 1 rings (SSSR count). The summed E-state index contributed by atoms with van der Waals surface area (Å²) in [5.41, 5.74) is 0.912. The molecule has 0 aliphatic carbocycles. The van der Waals surface area contributed by atoms with Gasteiger partial charge in [0.25, 0.3) is 5.69 Å². The van der Waals surface area contributed by atoms with E-state index in [1.807, 2.05) is 6.92 Å². The van der Waals surface area contributed by atoms with Gasteiger partial charge in [-0.2, -0.15) is 0 Å². The summed E-state index contributed by atoms with van der Waals surface area (Å²) >= 11 is 0. The van der Waals surface area contributed by atoms with Crippen LogP contribution in [0, 0.1) is 10.1 Å². The number of hydrogen-bond donors (Lipinski definition) is 2. The summed E-state index contributed by atoms with van der Waals surface area (Å²) in [6.07, 6.45) is -0.745. The van der Waals surface area contributed by atoms with Gasteiger partial charge < -0.3 is 15.1 Å². The van der Waals surface area contributed by atoms with Crippen LogP contribution in [0.2, 0.25) is 0 Å². The van der Waals surface area contributed by atoms with Gasteiger partial charge in [0, 0.05) is 19.2 Å². The number of rotatable bonds is 6. The summed E-state index contributed by atoms with van der Waals surface area (Å²) in [6.45, 7) is 4.26. The molecule has 0 radical (unpaired) electrons. The van der Waals surface area contributed by atoms with Gasteiger partial charge in [-0.05, 0) is 25.5 Å². The molecule has 0 heterocycles. The maximum atomic E-state index is 11.1. The fourth-order valence-corrected chi connectivity index (χ4v) is 1.78. The number of aliphatic hydroxyl groups is 2. The molecule has 0 fully saturated rings. The highest BCUT2D eigenvalue weighted by atomic mass is 16.6. The van der Waals surface area contributed by atoms with Crippen molar-refractivity contribution in [2.24, 2.45) is 0 Å². The molecule has 0 unspecified atom stereocenters. The van der Waals surface area contributed by atoms with Crippen LogP contribution in [0.5, 0.6) is 0 Å². The van der Waals surface area contributed by atoms with Crippen molar-refractivity contribution in [3.63, 3.8) is 0 Å². The first-order valence-corrected chi connectivity index (χ1v) is 5.83. The summed E-state index contributed by atoms with van der Waals surface area (Å²) in [5.74, 6) is 0. The Labute approximate surface area is 106 Å². The minimum atomic E-state index is -0.745. The van der Waals surface area contributed by atoms with Crippen LogP contribution in [0.25, 0.3) is 0 Å². The average molecular weight is 254 g/mol. The number of nitro groups is 1. The molecule has 6 nitrogen and oxygen atoms in total. The zero-order valence-corrected chi connectivity index (χ0v) is 10.5. The minimum absolute atomic E-state index is 0.0521. The van der Waals surface area contributed by atoms with Crippen molar-refractivity contribution in [1.82, 2.24) is 0 Å². The van der Waals surface area contributed by atoms with E-state index in [1.54, 1.807) is 24.0 Å². The normalized spacial score (nSPS) is 12.2. The summed E-state index contributed by atoms with van der Waals surface area (Å²) in [4.78, 5) is 12.3. The van der Waals surface area contributed by atoms with Gasteiger partial charge in [0.2, 0.25) is 0 Å². The van der Waals surface area contributed by atoms with Crippen LogP contribution >= 0.6 is 0 Å². The molecule has 0 aromatic heterocycles. The van der Waals surface area contributed by atoms with Crippen LogP contribution in [0.4, 0.5) is 11.4 Å². The molecule has 0 aliphatic rings. The van der Waals surface area contributed by atoms with Gasteiger partial charge in [-0.3, -0.25) is 10.1 Å². The van der Waals surface area contributed by atoms with E-state index in [4.69, 9.17) is 5.11 Å². The lowest BCUT2D eigenvalue weighted by atomic mass is 10.1. The molecule has 6 heteroatoms. The highest BCUT2D eigenvalue weighted by Crippen LogP contribution is 2.30. The molecule has 0 spiro atoms. The molecule has 1 aromatic rings. The molecule has 1 aromatic carbocycles. The zero-order valence-electron chi connectivity index (χ0n) is 10.5. The number of likely N-dealkylation sites (N-methyl/N-ethyl adjacent to an activating group) is 1. The third kappa shape index (κ3) is 3.18. The standard InChI is InChI=1S/C12H18N2O4/c1-3-13(6-7-15)11-5-4-10(9(2)16)8-12(11)14(17)18/h4-5,8-9,15-16H,3,6-7H2,1-2H3/t9-/m1/s1. The number of hydrogen-bond acceptors (Lipinski definition) is 5. The lowest BCUT2D eigenvalue weighted by Gasteiger charge is -2.22. The van der Waals surface area contributed by atoms with E-state index in [-0.39, 0.29) is 12.3 Å². The zero-order chi connectivity index (χ0) is 13.7. The molecule has 2 N–H and O–H groups in total. The highest BCUT2D eigenvalue weighted by Gasteiger charge is 2.20. The van der Waals surface area contributed by atoms with Crippen LogP contribution in [-0.4, -0.2) is 34.8 Å². The minimum Gasteiger partial charge on any atom is -0.395 e. The first-order valence-electron chi connectivity index (χ1n) is 5.83. The van der Waals surface area contributed by atoms with Gasteiger partial charge in [0.15, 0.2) is 0 Å². The van der Waals surface area contributed by atoms with Gasteiger partial charge in [-0.25, -0.2) is 0 Å². The van der Waals surface area contributed by atoms with Crippen molar-refractivity contribution in [3.8, 4) is 0 Å². The monoisotopic (exact) mass is 254 g/mol. The van der Waals surface area contributed by atoms with Crippen LogP contribution in [-0.2, 0) is 0 Å². The van der Waals surface area contributed by atoms with Crippen molar-refractivity contribution in [3.05, 3.63) is 33.9 Å². The van der Waals surface area contributed by atoms with Crippen molar-refractivity contribution in [2.75, 3.05) is 24.6 Å². The van der Waals surface area contributed by atoms with E-state index < -0.39 is 11.0 Å². The Bertz CT molecular complexity index is 421. The fraction of sp³-hybridized carbons (Fsp3) is 0.500. The average Bonchev–Trinajstić information content (AvgIpc) is 2.35. The third-order valence-corrected chi connectivity index (χ3v) is 2.77. The second-order valence-electron chi connectivity index (χ2n) is 3.98. The molecule has 0 saturated carbocycles. The van der Waals surface area contributed by atoms with Crippen LogP contribution in [0.1, 0.15) is 25.5 Å². The summed E-state index contributed by atoms with van der Waals surface area (Å²) < 4.78 is 0. The van der Waals surface area contributed by atoms with Crippen LogP contribution < -0.4 is 4.90 Å². The Balaban J connectivity index is 3.21. The molecule has 0 saturated heterocycles. The van der Waals surface area contributed by atoms with Crippen molar-refractivity contribution < 1.29 is 15.1 Å². The van der Waals surface area contributed by atoms with E-state index in [0.717, 1.165) is 0 Å². The maximum absolute atomic E-state index is 11.1. The lowest BCUT2D eigenvalue weighted by molar-refractivity contribution is -0.384. The number of benzene rings is 1. The first kappa shape index (κ1) is 14.4. The van der Waals surface area contributed by atoms with Crippen molar-refractivity contribution in [1.29, 1.82) is 0 Å². The SMILES string of the molecule is CCN(CCO)c1ccc([C@@H](C)O)cc1[N+](=O)[O-]. The third-order valence-electron chi connectivity index (χ3n) is 2.77. The quantitative estimate of drug-likeness (QED) is 0.593. The van der Waals surface area contributed by atoms with Gasteiger partial charge in [0.05, 0.1) is 17.6 Å². The summed E-state index contributed by atoms with van der Waals surface area (Å²) in [5, 5.41) is 29.4. The predicted octanol–water partition coefficient (Wildman–Crippen LogP) is 1.47. The van der Waals surface area contributed by atoms with E-state index in [9.17, 15) is 15.2 Å². The smallest absolute Gasteiger partial charge is 0.292 e. The molecule has 100 valence electrons. The topological polar surface area (TPSA) is 86.8 Å². The van der Waals surface area contributed by atoms with E-state index >= 15 is 0 Å². The van der Waals surface area contributed by atoms with E-state index in [2.05, 4.69) is 0 Å². The number of aliphatic hydroxyl groups excluding tert-OH is 2. The molecular formula is C12H18N2O4. The Morgan fingerprint density at radius 2 is 2.17 bits per heavy atom. The first-order chi connectivity index (χ1) is 8.51. The molecular weight excluding hydrogens is 236 g/mol. The van der Waals surface area contributed by atoms with Gasteiger partial charge in [0.1, 0.15) is 5.69 Å². The summed E-state index contributed by atoms with van der Waals surface area (Å²) in [7, 11) is 0. The molecule has 0 amide bonds. The van der Waals surface area contributed by atoms with Gasteiger partial charge >= 0.3 is 0 Å². The second kappa shape index (κ2) is 6.32. The fourth-order valence-electron chi connectivity index (χ4n) is 1.78. The molecule has 0 aliphatic heterocycles. The Morgan fingerprint density at radius 1 is 1.50 bits per heavy atom. The molecule has 0 bridgehead atoms. The van der Waals surface area contributed by atoms with Gasteiger partial charge in [-0.1, -0.05) is 6.07 Å². The van der Waals surface area contributed by atoms with E-state index in [0.29, 0.717) is 24.3 Å². The Hall–Kier alpha value is -1.66. The van der Waals surface area contributed by atoms with Crippen LogP contribution in [0.3, 0.4) is 0 Å². The van der Waals surface area contributed by atoms with E-state index in [1.165, 1.54) is 6.07 Å². The predicted molar refractivity (Wildman–Crippen MR) is 68.7 cm³/mol. The second-order valence-corrected chi connectivity index (χ2v) is 3.98. The Morgan fingerprint density at radius 3 is 2.61 bits per heavy atom. The van der Waals surface area contributed by atoms with Gasteiger partial charge in [-0.15, -0.1) is 0 Å².